The molecule has 0 aliphatic rings. The number of benzene rings is 2. The summed E-state index contributed by atoms with van der Waals surface area (Å²) >= 11 is 0. The third-order valence-corrected chi connectivity index (χ3v) is 3.48. The molecule has 0 saturated heterocycles. The lowest BCUT2D eigenvalue weighted by Gasteiger charge is -2.20. The second kappa shape index (κ2) is 9.26. The summed E-state index contributed by atoms with van der Waals surface area (Å²) in [6.45, 7) is 4.07. The summed E-state index contributed by atoms with van der Waals surface area (Å²) in [6.07, 6.45) is 2.46. The van der Waals surface area contributed by atoms with Crippen molar-refractivity contribution in [1.29, 1.82) is 5.26 Å². The molecule has 2 aromatic rings. The summed E-state index contributed by atoms with van der Waals surface area (Å²) in [4.78, 5) is 0. The van der Waals surface area contributed by atoms with Gasteiger partial charge in [-0.05, 0) is 29.8 Å². The van der Waals surface area contributed by atoms with E-state index in [1.54, 1.807) is 13.2 Å². The fourth-order valence-electron chi connectivity index (χ4n) is 2.28. The highest BCUT2D eigenvalue weighted by Crippen LogP contribution is 2.33. The Bertz CT molecular complexity index is 689. The zero-order chi connectivity index (χ0) is 17.2. The molecule has 2 rings (SSSR count). The Morgan fingerprint density at radius 3 is 2.46 bits per heavy atom. The van der Waals surface area contributed by atoms with Gasteiger partial charge in [-0.2, -0.15) is 5.26 Å². The maximum absolute atomic E-state index is 8.92. The topological polar surface area (TPSA) is 51.5 Å². The van der Waals surface area contributed by atoms with E-state index in [4.69, 9.17) is 19.5 Å². The van der Waals surface area contributed by atoms with Gasteiger partial charge in [0.25, 0.3) is 0 Å². The molecule has 0 N–H and O–H groups in total. The largest absolute Gasteiger partial charge is 0.497 e. The van der Waals surface area contributed by atoms with E-state index in [-0.39, 0.29) is 6.10 Å². The van der Waals surface area contributed by atoms with E-state index in [0.29, 0.717) is 30.9 Å². The maximum Gasteiger partial charge on any atom is 0.162 e. The summed E-state index contributed by atoms with van der Waals surface area (Å²) in [5.41, 5.74) is 0.990. The average molecular weight is 323 g/mol. The molecule has 4 heteroatoms. The van der Waals surface area contributed by atoms with Crippen LogP contribution in [-0.4, -0.2) is 13.7 Å². The van der Waals surface area contributed by atoms with E-state index in [0.717, 1.165) is 11.3 Å². The van der Waals surface area contributed by atoms with E-state index in [2.05, 4.69) is 12.6 Å². The Balaban J connectivity index is 2.22. The molecule has 0 amide bonds. The van der Waals surface area contributed by atoms with Gasteiger partial charge in [0.1, 0.15) is 18.5 Å². The normalized spacial score (nSPS) is 11.2. The van der Waals surface area contributed by atoms with Gasteiger partial charge in [-0.15, -0.1) is 0 Å². The van der Waals surface area contributed by atoms with E-state index >= 15 is 0 Å². The van der Waals surface area contributed by atoms with Crippen molar-refractivity contribution >= 4 is 0 Å². The molecule has 0 saturated carbocycles. The van der Waals surface area contributed by atoms with E-state index in [9.17, 15) is 0 Å². The fourth-order valence-corrected chi connectivity index (χ4v) is 2.28. The van der Waals surface area contributed by atoms with Crippen molar-refractivity contribution in [2.45, 2.75) is 18.9 Å². The first-order chi connectivity index (χ1) is 11.8. The maximum atomic E-state index is 8.92. The summed E-state index contributed by atoms with van der Waals surface area (Å²) in [5, 5.41) is 8.92. The average Bonchev–Trinajstić information content (AvgIpc) is 2.64. The molecule has 1 unspecified atom stereocenters. The molecule has 2 aromatic carbocycles. The van der Waals surface area contributed by atoms with Crippen molar-refractivity contribution in [2.24, 2.45) is 0 Å². The quantitative estimate of drug-likeness (QED) is 0.629. The van der Waals surface area contributed by atoms with Crippen LogP contribution >= 0.6 is 0 Å². The summed E-state index contributed by atoms with van der Waals surface area (Å²) in [6, 6.07) is 17.4. The van der Waals surface area contributed by atoms with Crippen molar-refractivity contribution in [2.75, 3.05) is 13.7 Å². The van der Waals surface area contributed by atoms with E-state index < -0.39 is 0 Å². The van der Waals surface area contributed by atoms with Crippen LogP contribution in [0.4, 0.5) is 0 Å². The Morgan fingerprint density at radius 2 is 1.83 bits per heavy atom. The van der Waals surface area contributed by atoms with Gasteiger partial charge in [0, 0.05) is 12.8 Å². The van der Waals surface area contributed by atoms with Crippen LogP contribution in [-0.2, 0) is 0 Å². The predicted octanol–water partition coefficient (Wildman–Crippen LogP) is 4.68. The standard InChI is InChI=1S/C20H21NO3/c1-3-15-23-19-7-4-5-8-20(19)24-18(9-6-14-21)16-10-12-17(22-2)13-11-16/h3-5,7-8,10-13,18H,1,6,9,15H2,2H3. The number of methoxy groups -OCH3 is 1. The molecule has 0 heterocycles. The molecule has 0 radical (unpaired) electrons. The van der Waals surface area contributed by atoms with Gasteiger partial charge in [-0.25, -0.2) is 0 Å². The van der Waals surface area contributed by atoms with Crippen LogP contribution < -0.4 is 14.2 Å². The zero-order valence-corrected chi connectivity index (χ0v) is 13.8. The van der Waals surface area contributed by atoms with Gasteiger partial charge in [0.15, 0.2) is 11.5 Å². The minimum Gasteiger partial charge on any atom is -0.497 e. The van der Waals surface area contributed by atoms with Crippen molar-refractivity contribution < 1.29 is 14.2 Å². The lowest BCUT2D eigenvalue weighted by atomic mass is 10.0. The molecule has 0 aliphatic carbocycles. The number of para-hydroxylation sites is 2. The molecule has 124 valence electrons. The number of ether oxygens (including phenoxy) is 3. The third kappa shape index (κ3) is 4.79. The molecule has 4 nitrogen and oxygen atoms in total. The second-order valence-corrected chi connectivity index (χ2v) is 5.12. The lowest BCUT2D eigenvalue weighted by molar-refractivity contribution is 0.186. The molecule has 1 atom stereocenters. The van der Waals surface area contributed by atoms with Gasteiger partial charge in [-0.3, -0.25) is 0 Å². The van der Waals surface area contributed by atoms with E-state index in [1.165, 1.54) is 0 Å². The molecule has 0 aliphatic heterocycles. The van der Waals surface area contributed by atoms with Gasteiger partial charge in [-0.1, -0.05) is 36.9 Å². The molecule has 0 fully saturated rings. The lowest BCUT2D eigenvalue weighted by Crippen LogP contribution is -2.09. The Hall–Kier alpha value is -2.93. The van der Waals surface area contributed by atoms with Crippen LogP contribution in [0.1, 0.15) is 24.5 Å². The number of rotatable bonds is 9. The van der Waals surface area contributed by atoms with Crippen LogP contribution in [0.15, 0.2) is 61.2 Å². The van der Waals surface area contributed by atoms with Crippen molar-refractivity contribution in [3.63, 3.8) is 0 Å². The molecular formula is C20H21NO3. The number of nitriles is 1. The minimum absolute atomic E-state index is 0.232. The smallest absolute Gasteiger partial charge is 0.162 e. The van der Waals surface area contributed by atoms with Crippen molar-refractivity contribution in [1.82, 2.24) is 0 Å². The summed E-state index contributed by atoms with van der Waals surface area (Å²) in [7, 11) is 1.63. The SMILES string of the molecule is C=CCOc1ccccc1OC(CCC#N)c1ccc(OC)cc1. The molecular weight excluding hydrogens is 302 g/mol. The zero-order valence-electron chi connectivity index (χ0n) is 13.8. The number of hydrogen-bond donors (Lipinski definition) is 0. The Labute approximate surface area is 142 Å². The monoisotopic (exact) mass is 323 g/mol. The predicted molar refractivity (Wildman–Crippen MR) is 93.3 cm³/mol. The highest BCUT2D eigenvalue weighted by atomic mass is 16.5. The van der Waals surface area contributed by atoms with Crippen LogP contribution in [0, 0.1) is 11.3 Å². The molecule has 0 spiro atoms. The van der Waals surface area contributed by atoms with Gasteiger partial charge >= 0.3 is 0 Å². The number of nitrogens with zero attached hydrogens (tertiary/aromatic N) is 1. The summed E-state index contributed by atoms with van der Waals surface area (Å²) < 4.78 is 17.0. The van der Waals surface area contributed by atoms with Gasteiger partial charge in [0.05, 0.1) is 13.2 Å². The third-order valence-electron chi connectivity index (χ3n) is 3.48. The molecule has 0 bridgehead atoms. The van der Waals surface area contributed by atoms with Crippen LogP contribution in [0.25, 0.3) is 0 Å². The fraction of sp³-hybridized carbons (Fsp3) is 0.250. The first-order valence-electron chi connectivity index (χ1n) is 7.78. The van der Waals surface area contributed by atoms with Gasteiger partial charge in [0.2, 0.25) is 0 Å². The highest BCUT2D eigenvalue weighted by molar-refractivity contribution is 5.40. The Morgan fingerprint density at radius 1 is 1.12 bits per heavy atom. The minimum atomic E-state index is -0.232. The van der Waals surface area contributed by atoms with Crippen molar-refractivity contribution in [3.8, 4) is 23.3 Å². The van der Waals surface area contributed by atoms with Crippen LogP contribution in [0.3, 0.4) is 0 Å². The Kier molecular flexibility index (Phi) is 6.73. The first-order valence-corrected chi connectivity index (χ1v) is 7.78. The molecule has 24 heavy (non-hydrogen) atoms. The van der Waals surface area contributed by atoms with Crippen LogP contribution in [0.2, 0.25) is 0 Å². The second-order valence-electron chi connectivity index (χ2n) is 5.12. The highest BCUT2D eigenvalue weighted by Gasteiger charge is 2.16. The molecule has 0 aromatic heterocycles. The van der Waals surface area contributed by atoms with Crippen LogP contribution in [0.5, 0.6) is 17.2 Å². The number of hydrogen-bond acceptors (Lipinski definition) is 4. The first kappa shape index (κ1) is 17.4. The van der Waals surface area contributed by atoms with E-state index in [1.807, 2.05) is 48.5 Å². The van der Waals surface area contributed by atoms with Gasteiger partial charge < -0.3 is 14.2 Å². The summed E-state index contributed by atoms with van der Waals surface area (Å²) in [5.74, 6) is 2.10. The van der Waals surface area contributed by atoms with Crippen molar-refractivity contribution in [3.05, 3.63) is 66.7 Å².